The van der Waals surface area contributed by atoms with Crippen molar-refractivity contribution < 1.29 is 9.53 Å². The van der Waals surface area contributed by atoms with E-state index in [-0.39, 0.29) is 5.97 Å². The molecule has 1 aliphatic rings. The number of carbonyl (C=O) groups excluding carboxylic acids is 1. The van der Waals surface area contributed by atoms with Crippen LogP contribution in [-0.4, -0.2) is 76.2 Å². The average molecular weight is 291 g/mol. The van der Waals surface area contributed by atoms with E-state index in [4.69, 9.17) is 4.74 Å². The molecular weight excluding hydrogens is 266 g/mol. The lowest BCUT2D eigenvalue weighted by Gasteiger charge is -2.33. The van der Waals surface area contributed by atoms with Crippen LogP contribution in [0.1, 0.15) is 10.4 Å². The summed E-state index contributed by atoms with van der Waals surface area (Å²) < 4.78 is 4.85. The van der Waals surface area contributed by atoms with Crippen molar-refractivity contribution in [1.29, 1.82) is 0 Å². The van der Waals surface area contributed by atoms with Gasteiger partial charge in [0.1, 0.15) is 0 Å². The Balaban J connectivity index is 1.94. The number of hydrogen-bond donors (Lipinski definition) is 0. The molecule has 0 aliphatic carbocycles. The van der Waals surface area contributed by atoms with E-state index in [0.717, 1.165) is 45.0 Å². The highest BCUT2D eigenvalue weighted by molar-refractivity contribution is 5.95. The molecule has 5 nitrogen and oxygen atoms in total. The van der Waals surface area contributed by atoms with Gasteiger partial charge in [-0.1, -0.05) is 12.1 Å². The van der Waals surface area contributed by atoms with Crippen molar-refractivity contribution in [3.05, 3.63) is 29.8 Å². The molecule has 1 aromatic rings. The highest BCUT2D eigenvalue weighted by Crippen LogP contribution is 2.19. The highest BCUT2D eigenvalue weighted by Gasteiger charge is 2.17. The number of esters is 1. The van der Waals surface area contributed by atoms with Crippen molar-refractivity contribution in [2.45, 2.75) is 0 Å². The van der Waals surface area contributed by atoms with Gasteiger partial charge in [-0.2, -0.15) is 0 Å². The third-order valence-corrected chi connectivity index (χ3v) is 4.07. The Morgan fingerprint density at radius 3 is 2.57 bits per heavy atom. The summed E-state index contributed by atoms with van der Waals surface area (Å²) in [6.07, 6.45) is 0. The van der Waals surface area contributed by atoms with E-state index in [1.54, 1.807) is 0 Å². The lowest BCUT2D eigenvalue weighted by Crippen LogP contribution is -2.46. The van der Waals surface area contributed by atoms with Crippen molar-refractivity contribution in [3.8, 4) is 0 Å². The molecule has 1 fully saturated rings. The molecule has 0 unspecified atom stereocenters. The fourth-order valence-electron chi connectivity index (χ4n) is 2.57. The van der Waals surface area contributed by atoms with E-state index >= 15 is 0 Å². The number of ether oxygens (including phenoxy) is 1. The summed E-state index contributed by atoms with van der Waals surface area (Å²) in [7, 11) is 5.61. The van der Waals surface area contributed by atoms with Gasteiger partial charge in [0.25, 0.3) is 0 Å². The van der Waals surface area contributed by atoms with Gasteiger partial charge in [0.05, 0.1) is 18.4 Å². The molecule has 0 atom stereocenters. The third kappa shape index (κ3) is 4.19. The molecule has 1 saturated heterocycles. The van der Waals surface area contributed by atoms with Gasteiger partial charge in [-0.05, 0) is 19.2 Å². The summed E-state index contributed by atoms with van der Waals surface area (Å²) in [4.78, 5) is 18.8. The molecule has 0 bridgehead atoms. The van der Waals surface area contributed by atoms with Crippen molar-refractivity contribution >= 4 is 11.7 Å². The number of likely N-dealkylation sites (N-methyl/N-ethyl adjacent to an activating group) is 2. The Hall–Kier alpha value is -1.59. The first-order chi connectivity index (χ1) is 10.1. The van der Waals surface area contributed by atoms with Gasteiger partial charge in [-0.25, -0.2) is 4.79 Å². The maximum absolute atomic E-state index is 11.8. The SMILES string of the molecule is COC(=O)c1ccccc1N(C)CCN1CCN(C)CC1. The molecular formula is C16H25N3O2. The van der Waals surface area contributed by atoms with Gasteiger partial charge in [0.2, 0.25) is 0 Å². The number of nitrogens with zero attached hydrogens (tertiary/aromatic N) is 3. The summed E-state index contributed by atoms with van der Waals surface area (Å²) in [5.41, 5.74) is 1.55. The van der Waals surface area contributed by atoms with E-state index in [1.807, 2.05) is 31.3 Å². The molecule has 5 heteroatoms. The van der Waals surface area contributed by atoms with Crippen molar-refractivity contribution in [2.75, 3.05) is 65.4 Å². The van der Waals surface area contributed by atoms with E-state index in [9.17, 15) is 4.79 Å². The molecule has 1 heterocycles. The van der Waals surface area contributed by atoms with Gasteiger partial charge in [0.15, 0.2) is 0 Å². The maximum atomic E-state index is 11.8. The zero-order chi connectivity index (χ0) is 15.2. The highest BCUT2D eigenvalue weighted by atomic mass is 16.5. The van der Waals surface area contributed by atoms with Crippen LogP contribution in [0.15, 0.2) is 24.3 Å². The number of benzene rings is 1. The number of para-hydroxylation sites is 1. The van der Waals surface area contributed by atoms with Crippen molar-refractivity contribution in [3.63, 3.8) is 0 Å². The molecule has 0 radical (unpaired) electrons. The van der Waals surface area contributed by atoms with Gasteiger partial charge >= 0.3 is 5.97 Å². The van der Waals surface area contributed by atoms with Gasteiger partial charge in [-0.15, -0.1) is 0 Å². The first-order valence-corrected chi connectivity index (χ1v) is 7.41. The Morgan fingerprint density at radius 2 is 1.90 bits per heavy atom. The van der Waals surface area contributed by atoms with Crippen molar-refractivity contribution in [1.82, 2.24) is 9.80 Å². The molecule has 0 saturated carbocycles. The molecule has 1 aromatic carbocycles. The van der Waals surface area contributed by atoms with E-state index < -0.39 is 0 Å². The lowest BCUT2D eigenvalue weighted by atomic mass is 10.1. The molecule has 1 aliphatic heterocycles. The number of hydrogen-bond acceptors (Lipinski definition) is 5. The quantitative estimate of drug-likeness (QED) is 0.761. The molecule has 0 N–H and O–H groups in total. The summed E-state index contributed by atoms with van der Waals surface area (Å²) in [6, 6.07) is 7.60. The number of carbonyl (C=O) groups is 1. The minimum atomic E-state index is -0.281. The number of anilines is 1. The number of methoxy groups -OCH3 is 1. The summed E-state index contributed by atoms with van der Waals surface area (Å²) in [5.74, 6) is -0.281. The molecule has 0 amide bonds. The van der Waals surface area contributed by atoms with Crippen LogP contribution in [0.2, 0.25) is 0 Å². The third-order valence-electron chi connectivity index (χ3n) is 4.07. The Labute approximate surface area is 127 Å². The summed E-state index contributed by atoms with van der Waals surface area (Å²) in [6.45, 7) is 6.40. The van der Waals surface area contributed by atoms with Gasteiger partial charge in [0, 0.05) is 46.3 Å². The predicted molar refractivity (Wildman–Crippen MR) is 85.0 cm³/mol. The minimum Gasteiger partial charge on any atom is -0.465 e. The van der Waals surface area contributed by atoms with Gasteiger partial charge < -0.3 is 14.5 Å². The monoisotopic (exact) mass is 291 g/mol. The largest absolute Gasteiger partial charge is 0.465 e. The van der Waals surface area contributed by atoms with E-state index in [2.05, 4.69) is 21.7 Å². The zero-order valence-electron chi connectivity index (χ0n) is 13.2. The second-order valence-electron chi connectivity index (χ2n) is 5.58. The normalized spacial score (nSPS) is 16.7. The van der Waals surface area contributed by atoms with Crippen LogP contribution in [0.5, 0.6) is 0 Å². The molecule has 0 aromatic heterocycles. The van der Waals surface area contributed by atoms with Crippen molar-refractivity contribution in [2.24, 2.45) is 0 Å². The number of rotatable bonds is 5. The Morgan fingerprint density at radius 1 is 1.24 bits per heavy atom. The fraction of sp³-hybridized carbons (Fsp3) is 0.562. The second kappa shape index (κ2) is 7.43. The first-order valence-electron chi connectivity index (χ1n) is 7.41. The minimum absolute atomic E-state index is 0.281. The summed E-state index contributed by atoms with van der Waals surface area (Å²) in [5, 5.41) is 0. The maximum Gasteiger partial charge on any atom is 0.339 e. The number of piperazine rings is 1. The van der Waals surface area contributed by atoms with Crippen LogP contribution in [0.3, 0.4) is 0 Å². The molecule has 0 spiro atoms. The van der Waals surface area contributed by atoms with E-state index in [1.165, 1.54) is 7.11 Å². The topological polar surface area (TPSA) is 36.0 Å². The lowest BCUT2D eigenvalue weighted by molar-refractivity contribution is 0.0601. The van der Waals surface area contributed by atoms with Crippen LogP contribution in [0, 0.1) is 0 Å². The Bertz CT molecular complexity index is 470. The molecule has 116 valence electrons. The van der Waals surface area contributed by atoms with Crippen LogP contribution in [0.25, 0.3) is 0 Å². The van der Waals surface area contributed by atoms with E-state index in [0.29, 0.717) is 5.56 Å². The fourth-order valence-corrected chi connectivity index (χ4v) is 2.57. The predicted octanol–water partition coefficient (Wildman–Crippen LogP) is 1.16. The zero-order valence-corrected chi connectivity index (χ0v) is 13.2. The average Bonchev–Trinajstić information content (AvgIpc) is 2.53. The first kappa shape index (κ1) is 15.8. The standard InChI is InChI=1S/C16H25N3O2/c1-17-8-11-19(12-9-17)13-10-18(2)15-7-5-4-6-14(15)16(20)21-3/h4-7H,8-13H2,1-3H3. The van der Waals surface area contributed by atoms with Crippen LogP contribution >= 0.6 is 0 Å². The molecule has 21 heavy (non-hydrogen) atoms. The van der Waals surface area contributed by atoms with Crippen LogP contribution < -0.4 is 4.90 Å². The second-order valence-corrected chi connectivity index (χ2v) is 5.58. The molecule has 2 rings (SSSR count). The van der Waals surface area contributed by atoms with Crippen LogP contribution in [-0.2, 0) is 4.74 Å². The smallest absolute Gasteiger partial charge is 0.339 e. The summed E-state index contributed by atoms with van der Waals surface area (Å²) >= 11 is 0. The Kier molecular flexibility index (Phi) is 5.59. The van der Waals surface area contributed by atoms with Gasteiger partial charge in [-0.3, -0.25) is 4.90 Å². The van der Waals surface area contributed by atoms with Crippen LogP contribution in [0.4, 0.5) is 5.69 Å².